The highest BCUT2D eigenvalue weighted by Gasteiger charge is 2.35. The summed E-state index contributed by atoms with van der Waals surface area (Å²) < 4.78 is 0. The van der Waals surface area contributed by atoms with E-state index in [1.807, 2.05) is 0 Å². The Labute approximate surface area is 109 Å². The predicted molar refractivity (Wildman–Crippen MR) is 73.4 cm³/mol. The SMILES string of the molecule is Cc1cccc(C2(CNC(=O)CN)CCCC2)c1. The van der Waals surface area contributed by atoms with Gasteiger partial charge in [-0.15, -0.1) is 0 Å². The van der Waals surface area contributed by atoms with Gasteiger partial charge in [-0.05, 0) is 25.3 Å². The second-order valence-corrected chi connectivity index (χ2v) is 5.34. The second kappa shape index (κ2) is 5.53. The number of amides is 1. The number of carbonyl (C=O) groups excluding carboxylic acids is 1. The average Bonchev–Trinajstić information content (AvgIpc) is 2.86. The molecule has 3 N–H and O–H groups in total. The van der Waals surface area contributed by atoms with Gasteiger partial charge in [-0.2, -0.15) is 0 Å². The Balaban J connectivity index is 2.18. The van der Waals surface area contributed by atoms with Crippen LogP contribution in [-0.2, 0) is 10.2 Å². The molecule has 1 saturated carbocycles. The third-order valence-electron chi connectivity index (χ3n) is 4.00. The van der Waals surface area contributed by atoms with E-state index in [2.05, 4.69) is 36.5 Å². The van der Waals surface area contributed by atoms with Crippen LogP contribution in [0.1, 0.15) is 36.8 Å². The predicted octanol–water partition coefficient (Wildman–Crippen LogP) is 1.88. The first-order chi connectivity index (χ1) is 8.66. The van der Waals surface area contributed by atoms with Gasteiger partial charge in [0.2, 0.25) is 5.91 Å². The van der Waals surface area contributed by atoms with Crippen LogP contribution in [0.3, 0.4) is 0 Å². The molecule has 0 radical (unpaired) electrons. The van der Waals surface area contributed by atoms with Gasteiger partial charge in [0.1, 0.15) is 0 Å². The van der Waals surface area contributed by atoms with E-state index in [-0.39, 0.29) is 17.9 Å². The fraction of sp³-hybridized carbons (Fsp3) is 0.533. The molecule has 1 amide bonds. The summed E-state index contributed by atoms with van der Waals surface area (Å²) in [6.07, 6.45) is 4.79. The molecule has 18 heavy (non-hydrogen) atoms. The van der Waals surface area contributed by atoms with Crippen molar-refractivity contribution in [3.63, 3.8) is 0 Å². The topological polar surface area (TPSA) is 55.1 Å². The van der Waals surface area contributed by atoms with Gasteiger partial charge in [-0.25, -0.2) is 0 Å². The first-order valence-corrected chi connectivity index (χ1v) is 6.70. The highest BCUT2D eigenvalue weighted by molar-refractivity contribution is 5.77. The van der Waals surface area contributed by atoms with Gasteiger partial charge >= 0.3 is 0 Å². The van der Waals surface area contributed by atoms with Crippen LogP contribution in [0.25, 0.3) is 0 Å². The number of aryl methyl sites for hydroxylation is 1. The molecule has 0 saturated heterocycles. The first-order valence-electron chi connectivity index (χ1n) is 6.70. The highest BCUT2D eigenvalue weighted by atomic mass is 16.1. The molecule has 1 aromatic rings. The van der Waals surface area contributed by atoms with Crippen LogP contribution in [0.2, 0.25) is 0 Å². The van der Waals surface area contributed by atoms with Gasteiger partial charge in [0.05, 0.1) is 6.54 Å². The molecule has 0 unspecified atom stereocenters. The van der Waals surface area contributed by atoms with Crippen LogP contribution >= 0.6 is 0 Å². The summed E-state index contributed by atoms with van der Waals surface area (Å²) in [5.41, 5.74) is 8.11. The average molecular weight is 246 g/mol. The molecule has 0 heterocycles. The quantitative estimate of drug-likeness (QED) is 0.852. The number of benzene rings is 1. The van der Waals surface area contributed by atoms with Crippen molar-refractivity contribution in [3.8, 4) is 0 Å². The van der Waals surface area contributed by atoms with Crippen molar-refractivity contribution in [2.45, 2.75) is 38.0 Å². The summed E-state index contributed by atoms with van der Waals surface area (Å²) in [5.74, 6) is -0.0612. The summed E-state index contributed by atoms with van der Waals surface area (Å²) in [6.45, 7) is 2.90. The summed E-state index contributed by atoms with van der Waals surface area (Å²) in [7, 11) is 0. The number of carbonyl (C=O) groups is 1. The molecule has 1 aliphatic carbocycles. The molecule has 3 nitrogen and oxygen atoms in total. The minimum absolute atomic E-state index is 0.0612. The molecular formula is C15H22N2O. The molecule has 1 aromatic carbocycles. The van der Waals surface area contributed by atoms with Crippen molar-refractivity contribution in [2.24, 2.45) is 5.73 Å². The van der Waals surface area contributed by atoms with Crippen molar-refractivity contribution in [3.05, 3.63) is 35.4 Å². The third-order valence-corrected chi connectivity index (χ3v) is 4.00. The number of rotatable bonds is 4. The van der Waals surface area contributed by atoms with Gasteiger partial charge in [-0.1, -0.05) is 42.7 Å². The summed E-state index contributed by atoms with van der Waals surface area (Å²) >= 11 is 0. The molecule has 0 bridgehead atoms. The maximum atomic E-state index is 11.4. The number of hydrogen-bond donors (Lipinski definition) is 2. The fourth-order valence-corrected chi connectivity index (χ4v) is 2.93. The van der Waals surface area contributed by atoms with Crippen LogP contribution in [0, 0.1) is 6.92 Å². The van der Waals surface area contributed by atoms with Gasteiger partial charge in [0, 0.05) is 12.0 Å². The minimum atomic E-state index is -0.0612. The van der Waals surface area contributed by atoms with Crippen LogP contribution in [-0.4, -0.2) is 19.0 Å². The summed E-state index contributed by atoms with van der Waals surface area (Å²) in [6, 6.07) is 8.66. The van der Waals surface area contributed by atoms with Crippen molar-refractivity contribution in [1.82, 2.24) is 5.32 Å². The number of hydrogen-bond acceptors (Lipinski definition) is 2. The third kappa shape index (κ3) is 2.72. The largest absolute Gasteiger partial charge is 0.354 e. The molecule has 1 fully saturated rings. The van der Waals surface area contributed by atoms with E-state index >= 15 is 0 Å². The molecule has 0 aromatic heterocycles. The van der Waals surface area contributed by atoms with Crippen molar-refractivity contribution >= 4 is 5.91 Å². The van der Waals surface area contributed by atoms with Crippen molar-refractivity contribution in [1.29, 1.82) is 0 Å². The lowest BCUT2D eigenvalue weighted by molar-refractivity contribution is -0.120. The minimum Gasteiger partial charge on any atom is -0.354 e. The van der Waals surface area contributed by atoms with Crippen LogP contribution in [0.4, 0.5) is 0 Å². The van der Waals surface area contributed by atoms with Gasteiger partial charge < -0.3 is 11.1 Å². The standard InChI is InChI=1S/C15H22N2O/c1-12-5-4-6-13(9-12)15(7-2-3-8-15)11-17-14(18)10-16/h4-6,9H,2-3,7-8,10-11,16H2,1H3,(H,17,18). The fourth-order valence-electron chi connectivity index (χ4n) is 2.93. The Morgan fingerprint density at radius 2 is 2.11 bits per heavy atom. The van der Waals surface area contributed by atoms with E-state index in [0.29, 0.717) is 6.54 Å². The van der Waals surface area contributed by atoms with E-state index in [1.165, 1.54) is 24.0 Å². The van der Waals surface area contributed by atoms with E-state index in [4.69, 9.17) is 5.73 Å². The van der Waals surface area contributed by atoms with E-state index < -0.39 is 0 Å². The zero-order valence-corrected chi connectivity index (χ0v) is 11.0. The Kier molecular flexibility index (Phi) is 4.02. The lowest BCUT2D eigenvalue weighted by Crippen LogP contribution is -2.41. The van der Waals surface area contributed by atoms with Gasteiger partial charge in [0.25, 0.3) is 0 Å². The maximum absolute atomic E-state index is 11.4. The monoisotopic (exact) mass is 246 g/mol. The smallest absolute Gasteiger partial charge is 0.233 e. The molecule has 98 valence electrons. The number of nitrogens with one attached hydrogen (secondary N) is 1. The van der Waals surface area contributed by atoms with E-state index in [0.717, 1.165) is 12.8 Å². The van der Waals surface area contributed by atoms with E-state index in [9.17, 15) is 4.79 Å². The molecule has 0 atom stereocenters. The Hall–Kier alpha value is -1.35. The van der Waals surface area contributed by atoms with E-state index in [1.54, 1.807) is 0 Å². The molecule has 3 heteroatoms. The van der Waals surface area contributed by atoms with Crippen LogP contribution < -0.4 is 11.1 Å². The summed E-state index contributed by atoms with van der Waals surface area (Å²) in [4.78, 5) is 11.4. The van der Waals surface area contributed by atoms with Crippen molar-refractivity contribution < 1.29 is 4.79 Å². The van der Waals surface area contributed by atoms with Gasteiger partial charge in [0.15, 0.2) is 0 Å². The lowest BCUT2D eigenvalue weighted by Gasteiger charge is -2.30. The molecular weight excluding hydrogens is 224 g/mol. The zero-order valence-electron chi connectivity index (χ0n) is 11.0. The summed E-state index contributed by atoms with van der Waals surface area (Å²) in [5, 5.41) is 2.97. The maximum Gasteiger partial charge on any atom is 0.233 e. The van der Waals surface area contributed by atoms with Crippen LogP contribution in [0.5, 0.6) is 0 Å². The molecule has 1 aliphatic rings. The van der Waals surface area contributed by atoms with Crippen molar-refractivity contribution in [2.75, 3.05) is 13.1 Å². The molecule has 2 rings (SSSR count). The Morgan fingerprint density at radius 3 is 2.72 bits per heavy atom. The zero-order chi connectivity index (χ0) is 13.0. The molecule has 0 aliphatic heterocycles. The molecule has 0 spiro atoms. The van der Waals surface area contributed by atoms with Crippen LogP contribution in [0.15, 0.2) is 24.3 Å². The van der Waals surface area contributed by atoms with Gasteiger partial charge in [-0.3, -0.25) is 4.79 Å². The highest BCUT2D eigenvalue weighted by Crippen LogP contribution is 2.40. The second-order valence-electron chi connectivity index (χ2n) is 5.34. The lowest BCUT2D eigenvalue weighted by atomic mass is 9.78. The normalized spacial score (nSPS) is 17.7. The Bertz CT molecular complexity index is 422. The first kappa shape index (κ1) is 13.1. The Morgan fingerprint density at radius 1 is 1.39 bits per heavy atom. The number of nitrogens with two attached hydrogens (primary N) is 1.